The van der Waals surface area contributed by atoms with Crippen LogP contribution in [0.15, 0.2) is 96.2 Å². The molecule has 0 unspecified atom stereocenters. The maximum absolute atomic E-state index is 14.1. The lowest BCUT2D eigenvalue weighted by Gasteiger charge is -2.29. The third kappa shape index (κ3) is 9.59. The first-order valence-corrected chi connectivity index (χ1v) is 14.7. The summed E-state index contributed by atoms with van der Waals surface area (Å²) in [6, 6.07) is 20.8. The molecule has 4 aromatic carbocycles. The molecule has 4 aromatic rings. The van der Waals surface area contributed by atoms with Crippen molar-refractivity contribution in [3.8, 4) is 5.75 Å². The Labute approximate surface area is 275 Å². The lowest BCUT2D eigenvalue weighted by Crippen LogP contribution is -2.50. The number of halogens is 2. The monoisotopic (exact) mass is 660 g/mol. The third-order valence-corrected chi connectivity index (χ3v) is 7.40. The molecule has 0 aliphatic carbocycles. The Morgan fingerprint density at radius 1 is 0.854 bits per heavy atom. The van der Waals surface area contributed by atoms with Crippen LogP contribution in [0.1, 0.15) is 44.3 Å². The van der Waals surface area contributed by atoms with Gasteiger partial charge in [0.15, 0.2) is 0 Å². The minimum absolute atomic E-state index is 0.0204. The van der Waals surface area contributed by atoms with E-state index in [1.54, 1.807) is 54.6 Å². The minimum atomic E-state index is -1.55. The number of ether oxygens (including phenoxy) is 1. The molecule has 48 heavy (non-hydrogen) atoms. The zero-order valence-electron chi connectivity index (χ0n) is 26.1. The second-order valence-electron chi connectivity index (χ2n) is 10.9. The summed E-state index contributed by atoms with van der Waals surface area (Å²) < 4.78 is 33.4. The van der Waals surface area contributed by atoms with Crippen LogP contribution in [0, 0.1) is 11.6 Å². The van der Waals surface area contributed by atoms with Gasteiger partial charge in [-0.1, -0.05) is 35.5 Å². The van der Waals surface area contributed by atoms with Crippen LogP contribution in [0.5, 0.6) is 5.75 Å². The molecule has 2 atom stereocenters. The molecule has 0 radical (unpaired) electrons. The van der Waals surface area contributed by atoms with Crippen molar-refractivity contribution in [1.29, 1.82) is 0 Å². The molecular weight excluding hydrogens is 626 g/mol. The largest absolute Gasteiger partial charge is 0.497 e. The Morgan fingerprint density at radius 3 is 2.19 bits per heavy atom. The van der Waals surface area contributed by atoms with Gasteiger partial charge in [0.2, 0.25) is 0 Å². The summed E-state index contributed by atoms with van der Waals surface area (Å²) in [4.78, 5) is 39.7. The molecule has 0 bridgehead atoms. The van der Waals surface area contributed by atoms with E-state index in [9.17, 15) is 38.6 Å². The second-order valence-corrected chi connectivity index (χ2v) is 10.9. The van der Waals surface area contributed by atoms with Crippen LogP contribution in [0.3, 0.4) is 0 Å². The number of rotatable bonds is 13. The average Bonchev–Trinajstić information content (AvgIpc) is 3.07. The first kappa shape index (κ1) is 35.0. The molecule has 0 aliphatic heterocycles. The summed E-state index contributed by atoms with van der Waals surface area (Å²) in [6.45, 7) is 0.864. The van der Waals surface area contributed by atoms with Gasteiger partial charge in [0.05, 0.1) is 31.5 Å². The molecule has 4 rings (SSSR count). The third-order valence-electron chi connectivity index (χ3n) is 7.40. The number of aliphatic hydroxyl groups excluding tert-OH is 1. The molecule has 13 heteroatoms. The number of amides is 3. The molecule has 0 heterocycles. The van der Waals surface area contributed by atoms with Gasteiger partial charge in [-0.3, -0.25) is 9.59 Å². The normalized spacial score (nSPS) is 12.5. The van der Waals surface area contributed by atoms with Crippen LogP contribution >= 0.6 is 0 Å². The summed E-state index contributed by atoms with van der Waals surface area (Å²) in [5, 5.41) is 39.2. The first-order valence-electron chi connectivity index (χ1n) is 14.7. The van der Waals surface area contributed by atoms with Gasteiger partial charge in [-0.2, -0.15) is 0 Å². The number of hydrogen-bond acceptors (Lipinski definition) is 7. The van der Waals surface area contributed by atoms with Gasteiger partial charge in [0, 0.05) is 35.0 Å². The molecule has 0 aromatic heterocycles. The molecule has 0 fully saturated rings. The Bertz CT molecular complexity index is 1780. The highest BCUT2D eigenvalue weighted by atomic mass is 19.1. The maximum Gasteiger partial charge on any atom is 0.407 e. The van der Waals surface area contributed by atoms with Crippen LogP contribution < -0.4 is 15.4 Å². The number of aliphatic hydroxyl groups is 1. The SMILES string of the molecule is COc1cccc(CN(C[C@@H](O)[C@H](Cc2cc(F)cc(F)c2)NC(=O)c2cc(NC(=O)c3ccccc3)cc(C(C)=NO)c2)C(=O)O)c1. The van der Waals surface area contributed by atoms with Crippen LogP contribution in [0.2, 0.25) is 0 Å². The van der Waals surface area contributed by atoms with E-state index in [0.717, 1.165) is 17.0 Å². The molecule has 0 aliphatic rings. The van der Waals surface area contributed by atoms with Gasteiger partial charge < -0.3 is 35.7 Å². The number of methoxy groups -OCH3 is 1. The molecular formula is C35H34F2N4O7. The number of oxime groups is 1. The fourth-order valence-corrected chi connectivity index (χ4v) is 4.96. The second kappa shape index (κ2) is 16.1. The van der Waals surface area contributed by atoms with Crippen molar-refractivity contribution >= 4 is 29.3 Å². The van der Waals surface area contributed by atoms with Crippen LogP contribution in [-0.2, 0) is 13.0 Å². The van der Waals surface area contributed by atoms with E-state index >= 15 is 0 Å². The molecule has 0 saturated heterocycles. The van der Waals surface area contributed by atoms with Crippen molar-refractivity contribution in [1.82, 2.24) is 10.2 Å². The topological polar surface area (TPSA) is 161 Å². The number of benzene rings is 4. The first-order chi connectivity index (χ1) is 22.9. The number of carboxylic acid groups (broad SMARTS) is 1. The highest BCUT2D eigenvalue weighted by Crippen LogP contribution is 2.20. The predicted octanol–water partition coefficient (Wildman–Crippen LogP) is 5.31. The highest BCUT2D eigenvalue weighted by Gasteiger charge is 2.28. The van der Waals surface area contributed by atoms with Gasteiger partial charge in [0.1, 0.15) is 17.4 Å². The standard InChI is InChI=1S/C35H34F2N4O7/c1-21(40-47)25-15-26(17-29(16-25)38-33(43)24-8-4-3-5-9-24)34(44)39-31(14-23-11-27(36)18-28(37)12-23)32(42)20-41(35(45)46)19-22-7-6-10-30(13-22)48-2/h3-13,15-18,31-32,42,47H,14,19-20H2,1-2H3,(H,38,43)(H,39,44)(H,45,46)/t31-,32+/m0/s1. The number of nitrogens with one attached hydrogen (secondary N) is 2. The van der Waals surface area contributed by atoms with Crippen molar-refractivity contribution < 1.29 is 43.3 Å². The van der Waals surface area contributed by atoms with E-state index in [1.807, 2.05) is 0 Å². The van der Waals surface area contributed by atoms with Crippen LogP contribution in [0.25, 0.3) is 0 Å². The Kier molecular flexibility index (Phi) is 11.8. The van der Waals surface area contributed by atoms with Gasteiger partial charge >= 0.3 is 6.09 Å². The maximum atomic E-state index is 14.1. The molecule has 250 valence electrons. The molecule has 0 spiro atoms. The van der Waals surface area contributed by atoms with Crippen LogP contribution in [0.4, 0.5) is 19.3 Å². The van der Waals surface area contributed by atoms with E-state index in [2.05, 4.69) is 15.8 Å². The van der Waals surface area contributed by atoms with Gasteiger partial charge in [-0.25, -0.2) is 13.6 Å². The van der Waals surface area contributed by atoms with Gasteiger partial charge in [-0.05, 0) is 79.1 Å². The number of carbonyl (C=O) groups is 3. The molecule has 3 amide bonds. The van der Waals surface area contributed by atoms with E-state index in [0.29, 0.717) is 22.9 Å². The predicted molar refractivity (Wildman–Crippen MR) is 174 cm³/mol. The van der Waals surface area contributed by atoms with Gasteiger partial charge in [-0.15, -0.1) is 0 Å². The zero-order chi connectivity index (χ0) is 34.8. The summed E-state index contributed by atoms with van der Waals surface area (Å²) in [5.41, 5.74) is 1.60. The van der Waals surface area contributed by atoms with Crippen molar-refractivity contribution in [3.05, 3.63) is 130 Å². The minimum Gasteiger partial charge on any atom is -0.497 e. The molecule has 11 nitrogen and oxygen atoms in total. The van der Waals surface area contributed by atoms with E-state index in [4.69, 9.17) is 4.74 Å². The Balaban J connectivity index is 1.64. The summed E-state index contributed by atoms with van der Waals surface area (Å²) in [5.74, 6) is -2.49. The molecule has 0 saturated carbocycles. The van der Waals surface area contributed by atoms with E-state index in [-0.39, 0.29) is 41.1 Å². The summed E-state index contributed by atoms with van der Waals surface area (Å²) in [7, 11) is 1.47. The summed E-state index contributed by atoms with van der Waals surface area (Å²) >= 11 is 0. The summed E-state index contributed by atoms with van der Waals surface area (Å²) in [6.07, 6.45) is -3.19. The quantitative estimate of drug-likeness (QED) is 0.0738. The lowest BCUT2D eigenvalue weighted by atomic mass is 9.99. The molecule has 5 N–H and O–H groups in total. The number of hydrogen-bond donors (Lipinski definition) is 5. The fraction of sp³-hybridized carbons (Fsp3) is 0.200. The van der Waals surface area contributed by atoms with E-state index in [1.165, 1.54) is 32.2 Å². The smallest absolute Gasteiger partial charge is 0.407 e. The lowest BCUT2D eigenvalue weighted by molar-refractivity contribution is 0.0640. The van der Waals surface area contributed by atoms with Crippen molar-refractivity contribution in [2.75, 3.05) is 19.0 Å². The van der Waals surface area contributed by atoms with Gasteiger partial charge in [0.25, 0.3) is 11.8 Å². The zero-order valence-corrected chi connectivity index (χ0v) is 26.1. The van der Waals surface area contributed by atoms with Crippen molar-refractivity contribution in [2.45, 2.75) is 32.0 Å². The van der Waals surface area contributed by atoms with Crippen molar-refractivity contribution in [3.63, 3.8) is 0 Å². The van der Waals surface area contributed by atoms with E-state index < -0.39 is 48.2 Å². The highest BCUT2D eigenvalue weighted by molar-refractivity contribution is 6.07. The Hall–Kier alpha value is -5.82. The van der Waals surface area contributed by atoms with Crippen molar-refractivity contribution in [2.24, 2.45) is 5.16 Å². The number of nitrogens with zero attached hydrogens (tertiary/aromatic N) is 2. The Morgan fingerprint density at radius 2 is 1.54 bits per heavy atom. The van der Waals surface area contributed by atoms with Crippen LogP contribution in [-0.4, -0.2) is 69.7 Å². The number of anilines is 1. The number of carbonyl (C=O) groups excluding carboxylic acids is 2. The average molecular weight is 661 g/mol. The fourth-order valence-electron chi connectivity index (χ4n) is 4.96.